The van der Waals surface area contributed by atoms with Crippen LogP contribution in [0.5, 0.6) is 5.75 Å². The second-order valence-electron chi connectivity index (χ2n) is 7.09. The highest BCUT2D eigenvalue weighted by atomic mass is 19.4. The van der Waals surface area contributed by atoms with E-state index in [0.29, 0.717) is 12.3 Å². The third-order valence-corrected chi connectivity index (χ3v) is 5.07. The summed E-state index contributed by atoms with van der Waals surface area (Å²) in [5, 5.41) is 16.0. The number of amides is 1. The van der Waals surface area contributed by atoms with E-state index in [-0.39, 0.29) is 5.75 Å². The minimum absolute atomic E-state index is 0.127. The van der Waals surface area contributed by atoms with Crippen molar-refractivity contribution in [3.63, 3.8) is 0 Å². The van der Waals surface area contributed by atoms with E-state index in [9.17, 15) is 23.1 Å². The lowest BCUT2D eigenvalue weighted by molar-refractivity contribution is -0.257. The Kier molecular flexibility index (Phi) is 7.11. The zero-order valence-corrected chi connectivity index (χ0v) is 15.6. The predicted molar refractivity (Wildman–Crippen MR) is 95.4 cm³/mol. The monoisotopic (exact) mass is 388 g/mol. The van der Waals surface area contributed by atoms with Crippen LogP contribution in [0.25, 0.3) is 0 Å². The highest BCUT2D eigenvalue weighted by molar-refractivity contribution is 5.87. The summed E-state index contributed by atoms with van der Waals surface area (Å²) in [5.41, 5.74) is -4.21. The van der Waals surface area contributed by atoms with E-state index in [1.807, 2.05) is 0 Å². The number of halogens is 3. The highest BCUT2D eigenvalue weighted by Gasteiger charge is 2.61. The maximum Gasteiger partial charge on any atom is 0.430 e. The van der Waals surface area contributed by atoms with Crippen LogP contribution in [0.15, 0.2) is 24.3 Å². The van der Waals surface area contributed by atoms with Gasteiger partial charge in [-0.2, -0.15) is 13.2 Å². The van der Waals surface area contributed by atoms with Gasteiger partial charge in [0.1, 0.15) is 5.75 Å². The summed E-state index contributed by atoms with van der Waals surface area (Å²) in [6, 6.07) is 4.35. The van der Waals surface area contributed by atoms with E-state index in [1.165, 1.54) is 19.2 Å². The van der Waals surface area contributed by atoms with Crippen LogP contribution in [0.4, 0.5) is 13.2 Å². The molecule has 27 heavy (non-hydrogen) atoms. The van der Waals surface area contributed by atoms with Gasteiger partial charge in [0.25, 0.3) is 11.5 Å². The first-order chi connectivity index (χ1) is 12.7. The van der Waals surface area contributed by atoms with Gasteiger partial charge in [0.2, 0.25) is 0 Å². The molecule has 152 valence electrons. The van der Waals surface area contributed by atoms with E-state index in [2.05, 4.69) is 10.6 Å². The van der Waals surface area contributed by atoms with Crippen molar-refractivity contribution in [3.8, 4) is 5.75 Å². The lowest BCUT2D eigenvalue weighted by Crippen LogP contribution is -2.56. The van der Waals surface area contributed by atoms with Crippen LogP contribution in [0.3, 0.4) is 0 Å². The van der Waals surface area contributed by atoms with Gasteiger partial charge in [-0.25, -0.2) is 0 Å². The van der Waals surface area contributed by atoms with Gasteiger partial charge in [0, 0.05) is 11.6 Å². The topological polar surface area (TPSA) is 70.6 Å². The molecule has 5 nitrogen and oxygen atoms in total. The Morgan fingerprint density at radius 2 is 2.04 bits per heavy atom. The van der Waals surface area contributed by atoms with Gasteiger partial charge in [-0.05, 0) is 63.7 Å². The Morgan fingerprint density at radius 3 is 2.63 bits per heavy atom. The van der Waals surface area contributed by atoms with Crippen LogP contribution in [0, 0.1) is 5.92 Å². The van der Waals surface area contributed by atoms with Crippen LogP contribution >= 0.6 is 0 Å². The van der Waals surface area contributed by atoms with Gasteiger partial charge in [0.15, 0.2) is 0 Å². The molecule has 0 aliphatic carbocycles. The molecule has 2 atom stereocenters. The molecule has 0 bridgehead atoms. The number of hydrogen-bond donors (Lipinski definition) is 3. The van der Waals surface area contributed by atoms with Gasteiger partial charge >= 0.3 is 6.18 Å². The van der Waals surface area contributed by atoms with Crippen molar-refractivity contribution in [2.24, 2.45) is 5.92 Å². The molecule has 1 aromatic rings. The van der Waals surface area contributed by atoms with Gasteiger partial charge in [-0.15, -0.1) is 0 Å². The highest BCUT2D eigenvalue weighted by Crippen LogP contribution is 2.40. The van der Waals surface area contributed by atoms with E-state index in [0.717, 1.165) is 44.5 Å². The molecule has 0 radical (unpaired) electrons. The largest absolute Gasteiger partial charge is 0.497 e. The molecule has 1 heterocycles. The molecule has 1 amide bonds. The molecule has 0 saturated carbocycles. The number of hydrogen-bond acceptors (Lipinski definition) is 4. The smallest absolute Gasteiger partial charge is 0.430 e. The Balaban J connectivity index is 2.09. The van der Waals surface area contributed by atoms with E-state index in [1.54, 1.807) is 6.92 Å². The number of aliphatic hydroxyl groups is 1. The molecule has 1 aliphatic heterocycles. The third kappa shape index (κ3) is 5.13. The van der Waals surface area contributed by atoms with E-state index in [4.69, 9.17) is 4.74 Å². The molecular formula is C19H27F3N2O3. The number of carbonyl (C=O) groups is 1. The number of alkyl halides is 3. The van der Waals surface area contributed by atoms with Crippen molar-refractivity contribution >= 4 is 5.91 Å². The fourth-order valence-electron chi connectivity index (χ4n) is 3.33. The summed E-state index contributed by atoms with van der Waals surface area (Å²) >= 11 is 0. The molecule has 1 fully saturated rings. The molecule has 0 aromatic heterocycles. The Hall–Kier alpha value is -1.80. The number of nitrogens with one attached hydrogen (secondary N) is 2. The van der Waals surface area contributed by atoms with E-state index >= 15 is 0 Å². The number of piperidine rings is 1. The van der Waals surface area contributed by atoms with Gasteiger partial charge in [-0.3, -0.25) is 4.79 Å². The molecule has 8 heteroatoms. The maximum absolute atomic E-state index is 13.6. The number of methoxy groups -OCH3 is 1. The fraction of sp³-hybridized carbons (Fsp3) is 0.632. The van der Waals surface area contributed by atoms with E-state index < -0.39 is 29.3 Å². The van der Waals surface area contributed by atoms with Crippen molar-refractivity contribution in [2.45, 2.75) is 50.4 Å². The van der Waals surface area contributed by atoms with Crippen LogP contribution < -0.4 is 15.4 Å². The standard InChI is InChI=1S/C19H27F3N2O3/c1-13(6-7-14-8-10-23-11-9-14)24-17(25)18(26,19(20,21)22)15-4-3-5-16(12-15)27-2/h3-5,12-14,23,26H,6-11H2,1-2H3,(H,24,25). The predicted octanol–water partition coefficient (Wildman–Crippen LogP) is 2.73. The zero-order valence-electron chi connectivity index (χ0n) is 15.6. The van der Waals surface area contributed by atoms with Gasteiger partial charge in [0.05, 0.1) is 7.11 Å². The van der Waals surface area contributed by atoms with Crippen molar-refractivity contribution in [1.82, 2.24) is 10.6 Å². The Morgan fingerprint density at radius 1 is 1.37 bits per heavy atom. The second-order valence-corrected chi connectivity index (χ2v) is 7.09. The Labute approximate surface area is 157 Å². The molecule has 1 aromatic carbocycles. The van der Waals surface area contributed by atoms with Crippen molar-refractivity contribution in [2.75, 3.05) is 20.2 Å². The molecule has 1 aliphatic rings. The summed E-state index contributed by atoms with van der Waals surface area (Å²) < 4.78 is 45.8. The summed E-state index contributed by atoms with van der Waals surface area (Å²) in [4.78, 5) is 12.4. The van der Waals surface area contributed by atoms with Crippen molar-refractivity contribution < 1.29 is 27.8 Å². The van der Waals surface area contributed by atoms with Crippen LogP contribution in [0.1, 0.15) is 38.2 Å². The molecule has 1 saturated heterocycles. The summed E-state index contributed by atoms with van der Waals surface area (Å²) in [5.74, 6) is -0.839. The minimum Gasteiger partial charge on any atom is -0.497 e. The molecule has 3 N–H and O–H groups in total. The second kappa shape index (κ2) is 8.93. The first-order valence-corrected chi connectivity index (χ1v) is 9.13. The third-order valence-electron chi connectivity index (χ3n) is 5.07. The normalized spacial score (nSPS) is 19.2. The van der Waals surface area contributed by atoms with Crippen LogP contribution in [-0.4, -0.2) is 43.4 Å². The Bertz CT molecular complexity index is 633. The zero-order chi connectivity index (χ0) is 20.1. The first-order valence-electron chi connectivity index (χ1n) is 9.13. The van der Waals surface area contributed by atoms with Crippen LogP contribution in [0.2, 0.25) is 0 Å². The SMILES string of the molecule is COc1cccc(C(O)(C(=O)NC(C)CCC2CCNCC2)C(F)(F)F)c1. The van der Waals surface area contributed by atoms with Crippen LogP contribution in [-0.2, 0) is 10.4 Å². The molecule has 2 unspecified atom stereocenters. The van der Waals surface area contributed by atoms with Gasteiger partial charge < -0.3 is 20.5 Å². The molecular weight excluding hydrogens is 361 g/mol. The number of benzene rings is 1. The number of rotatable bonds is 7. The summed E-state index contributed by atoms with van der Waals surface area (Å²) in [6.07, 6.45) is -1.73. The average Bonchev–Trinajstić information content (AvgIpc) is 2.65. The summed E-state index contributed by atoms with van der Waals surface area (Å²) in [6.45, 7) is 3.53. The fourth-order valence-corrected chi connectivity index (χ4v) is 3.33. The quantitative estimate of drug-likeness (QED) is 0.672. The number of ether oxygens (including phenoxy) is 1. The lowest BCUT2D eigenvalue weighted by atomic mass is 9.90. The van der Waals surface area contributed by atoms with Gasteiger partial charge in [-0.1, -0.05) is 12.1 Å². The molecule has 2 rings (SSSR count). The maximum atomic E-state index is 13.6. The molecule has 0 spiro atoms. The first kappa shape index (κ1) is 21.5. The average molecular weight is 388 g/mol. The van der Waals surface area contributed by atoms with Crippen molar-refractivity contribution in [3.05, 3.63) is 29.8 Å². The lowest BCUT2D eigenvalue weighted by Gasteiger charge is -2.31. The summed E-state index contributed by atoms with van der Waals surface area (Å²) in [7, 11) is 1.30. The number of carbonyl (C=O) groups excluding carboxylic acids is 1. The van der Waals surface area contributed by atoms with Crippen molar-refractivity contribution in [1.29, 1.82) is 0 Å². The minimum atomic E-state index is -5.17.